The smallest absolute Gasteiger partial charge is 0.257 e. The third kappa shape index (κ3) is 6.54. The second-order valence-electron chi connectivity index (χ2n) is 10.7. The van der Waals surface area contributed by atoms with Crippen molar-refractivity contribution in [2.75, 3.05) is 38.6 Å². The standard InChI is InChI=1S/C31H38N4O4S/c1-3-4-5-21-6-11-28(39-2)26(18-21)27-20-40-31(32-27)33-29(37)22-7-9-23(10-8-22)30(38)34-15-12-24(13-16-34)35-17-14-25(36)19-35/h6-11,18,20,24-25,36H,3-5,12-17,19H2,1-2H3,(H,32,33,37). The second kappa shape index (κ2) is 12.9. The van der Waals surface area contributed by atoms with Gasteiger partial charge in [0.25, 0.3) is 11.8 Å². The van der Waals surface area contributed by atoms with Crippen molar-refractivity contribution in [1.29, 1.82) is 0 Å². The van der Waals surface area contributed by atoms with Gasteiger partial charge in [0, 0.05) is 54.3 Å². The van der Waals surface area contributed by atoms with Crippen LogP contribution >= 0.6 is 11.3 Å². The summed E-state index contributed by atoms with van der Waals surface area (Å²) in [6.45, 7) is 5.27. The zero-order valence-corrected chi connectivity index (χ0v) is 24.1. The number of amides is 2. The van der Waals surface area contributed by atoms with E-state index in [0.717, 1.165) is 68.6 Å². The van der Waals surface area contributed by atoms with E-state index >= 15 is 0 Å². The topological polar surface area (TPSA) is 95.0 Å². The molecule has 9 heteroatoms. The lowest BCUT2D eigenvalue weighted by atomic mass is 10.0. The quantitative estimate of drug-likeness (QED) is 0.378. The van der Waals surface area contributed by atoms with Gasteiger partial charge >= 0.3 is 0 Å². The maximum atomic E-state index is 13.1. The number of carbonyl (C=O) groups is 2. The van der Waals surface area contributed by atoms with Crippen molar-refractivity contribution in [3.8, 4) is 17.0 Å². The number of aliphatic hydroxyl groups is 1. The molecule has 2 aromatic carbocycles. The Bertz CT molecular complexity index is 1320. The maximum Gasteiger partial charge on any atom is 0.257 e. The number of ether oxygens (including phenoxy) is 1. The Morgan fingerprint density at radius 1 is 1.07 bits per heavy atom. The maximum absolute atomic E-state index is 13.1. The summed E-state index contributed by atoms with van der Waals surface area (Å²) in [6.07, 6.45) is 5.72. The van der Waals surface area contributed by atoms with Gasteiger partial charge in [0.1, 0.15) is 5.75 Å². The molecule has 3 aromatic rings. The lowest BCUT2D eigenvalue weighted by molar-refractivity contribution is 0.0627. The third-order valence-electron chi connectivity index (χ3n) is 7.94. The van der Waals surface area contributed by atoms with Crippen LogP contribution in [-0.2, 0) is 6.42 Å². The van der Waals surface area contributed by atoms with Crippen LogP contribution < -0.4 is 10.1 Å². The minimum absolute atomic E-state index is 0.00783. The first-order chi connectivity index (χ1) is 19.4. The Kier molecular flexibility index (Phi) is 9.14. The van der Waals surface area contributed by atoms with E-state index in [1.807, 2.05) is 16.3 Å². The second-order valence-corrected chi connectivity index (χ2v) is 11.5. The number of anilines is 1. The average Bonchev–Trinajstić information content (AvgIpc) is 3.64. The molecule has 2 fully saturated rings. The van der Waals surface area contributed by atoms with Gasteiger partial charge in [-0.3, -0.25) is 19.8 Å². The molecule has 2 aliphatic heterocycles. The molecule has 212 valence electrons. The van der Waals surface area contributed by atoms with Gasteiger partial charge in [-0.25, -0.2) is 4.98 Å². The normalized spacial score (nSPS) is 18.2. The number of carbonyl (C=O) groups excluding carboxylic acids is 2. The van der Waals surface area contributed by atoms with Crippen molar-refractivity contribution in [3.63, 3.8) is 0 Å². The molecule has 0 radical (unpaired) electrons. The minimum Gasteiger partial charge on any atom is -0.496 e. The number of benzene rings is 2. The highest BCUT2D eigenvalue weighted by Gasteiger charge is 2.31. The van der Waals surface area contributed by atoms with E-state index in [1.54, 1.807) is 31.4 Å². The Morgan fingerprint density at radius 3 is 2.50 bits per heavy atom. The largest absolute Gasteiger partial charge is 0.496 e. The molecule has 8 nitrogen and oxygen atoms in total. The first-order valence-electron chi connectivity index (χ1n) is 14.2. The van der Waals surface area contributed by atoms with Crippen molar-refractivity contribution >= 4 is 28.3 Å². The van der Waals surface area contributed by atoms with Crippen LogP contribution in [0.1, 0.15) is 65.3 Å². The summed E-state index contributed by atoms with van der Waals surface area (Å²) in [5, 5.41) is 15.1. The number of unbranched alkanes of at least 4 members (excludes halogenated alkanes) is 1. The predicted molar refractivity (Wildman–Crippen MR) is 158 cm³/mol. The number of aliphatic hydroxyl groups excluding tert-OH is 1. The molecule has 5 rings (SSSR count). The highest BCUT2D eigenvalue weighted by molar-refractivity contribution is 7.14. The zero-order valence-electron chi connectivity index (χ0n) is 23.3. The lowest BCUT2D eigenvalue weighted by Gasteiger charge is -2.36. The van der Waals surface area contributed by atoms with Gasteiger partial charge in [-0.15, -0.1) is 11.3 Å². The number of aromatic nitrogens is 1. The van der Waals surface area contributed by atoms with E-state index in [4.69, 9.17) is 4.74 Å². The number of rotatable bonds is 9. The van der Waals surface area contributed by atoms with E-state index < -0.39 is 0 Å². The van der Waals surface area contributed by atoms with E-state index in [2.05, 4.69) is 34.3 Å². The Balaban J connectivity index is 1.18. The molecule has 2 aliphatic rings. The van der Waals surface area contributed by atoms with Crippen molar-refractivity contribution in [3.05, 3.63) is 64.5 Å². The van der Waals surface area contributed by atoms with Crippen LogP contribution in [0.5, 0.6) is 5.75 Å². The molecular weight excluding hydrogens is 524 g/mol. The van der Waals surface area contributed by atoms with Crippen LogP contribution in [0.25, 0.3) is 11.3 Å². The number of nitrogens with one attached hydrogen (secondary N) is 1. The Labute approximate surface area is 240 Å². The first kappa shape index (κ1) is 28.3. The van der Waals surface area contributed by atoms with Crippen molar-refractivity contribution in [2.45, 2.75) is 57.6 Å². The molecular formula is C31H38N4O4S. The van der Waals surface area contributed by atoms with Crippen LogP contribution in [0.3, 0.4) is 0 Å². The fraction of sp³-hybridized carbons (Fsp3) is 0.452. The van der Waals surface area contributed by atoms with E-state index in [-0.39, 0.29) is 17.9 Å². The summed E-state index contributed by atoms with van der Waals surface area (Å²) in [4.78, 5) is 34.9. The molecule has 3 heterocycles. The number of aryl methyl sites for hydroxylation is 1. The van der Waals surface area contributed by atoms with Crippen LogP contribution in [0, 0.1) is 0 Å². The molecule has 40 heavy (non-hydrogen) atoms. The van der Waals surface area contributed by atoms with Crippen LogP contribution in [-0.4, -0.2) is 77.1 Å². The number of piperidine rings is 1. The summed E-state index contributed by atoms with van der Waals surface area (Å²) in [5.74, 6) is 0.478. The number of thiazole rings is 1. The fourth-order valence-electron chi connectivity index (χ4n) is 5.60. The summed E-state index contributed by atoms with van der Waals surface area (Å²) < 4.78 is 5.56. The number of β-amino-alcohol motifs (C(OH)–C–C–N with tert-alkyl or cyclic N) is 1. The summed E-state index contributed by atoms with van der Waals surface area (Å²) in [7, 11) is 1.65. The molecule has 2 N–H and O–H groups in total. The third-order valence-corrected chi connectivity index (χ3v) is 8.70. The summed E-state index contributed by atoms with van der Waals surface area (Å²) in [6, 6.07) is 13.4. The van der Waals surface area contributed by atoms with Gasteiger partial charge in [-0.1, -0.05) is 19.4 Å². The SMILES string of the molecule is CCCCc1ccc(OC)c(-c2csc(NC(=O)c3ccc(C(=O)N4CCC(N5CCC(O)C5)CC4)cc3)n2)c1. The van der Waals surface area contributed by atoms with Gasteiger partial charge in [0.2, 0.25) is 0 Å². The number of methoxy groups -OCH3 is 1. The van der Waals surface area contributed by atoms with Gasteiger partial charge in [0.05, 0.1) is 18.9 Å². The van der Waals surface area contributed by atoms with Crippen molar-refractivity contribution in [2.24, 2.45) is 0 Å². The molecule has 1 aromatic heterocycles. The molecule has 1 atom stereocenters. The molecule has 0 aliphatic carbocycles. The lowest BCUT2D eigenvalue weighted by Crippen LogP contribution is -2.46. The Hall–Kier alpha value is -3.27. The van der Waals surface area contributed by atoms with Crippen LogP contribution in [0.15, 0.2) is 47.8 Å². The summed E-state index contributed by atoms with van der Waals surface area (Å²) in [5.41, 5.74) is 3.97. The molecule has 0 saturated carbocycles. The molecule has 1 unspecified atom stereocenters. The Morgan fingerprint density at radius 2 is 1.82 bits per heavy atom. The van der Waals surface area contributed by atoms with Crippen molar-refractivity contribution in [1.82, 2.24) is 14.8 Å². The number of hydrogen-bond acceptors (Lipinski definition) is 7. The summed E-state index contributed by atoms with van der Waals surface area (Å²) >= 11 is 1.37. The van der Waals surface area contributed by atoms with Gasteiger partial charge < -0.3 is 14.7 Å². The average molecular weight is 563 g/mol. The fourth-order valence-corrected chi connectivity index (χ4v) is 6.30. The molecule has 2 amide bonds. The highest BCUT2D eigenvalue weighted by atomic mass is 32.1. The number of hydrogen-bond donors (Lipinski definition) is 2. The monoisotopic (exact) mass is 562 g/mol. The molecule has 0 bridgehead atoms. The van der Waals surface area contributed by atoms with Gasteiger partial charge in [-0.2, -0.15) is 0 Å². The predicted octanol–water partition coefficient (Wildman–Crippen LogP) is 5.08. The molecule has 0 spiro atoms. The minimum atomic E-state index is -0.267. The van der Waals surface area contributed by atoms with Gasteiger partial charge in [-0.05, 0) is 74.1 Å². The number of nitrogens with zero attached hydrogens (tertiary/aromatic N) is 3. The van der Waals surface area contributed by atoms with Crippen LogP contribution in [0.4, 0.5) is 5.13 Å². The molecule has 2 saturated heterocycles. The number of likely N-dealkylation sites (tertiary alicyclic amines) is 2. The van der Waals surface area contributed by atoms with Crippen molar-refractivity contribution < 1.29 is 19.4 Å². The van der Waals surface area contributed by atoms with E-state index in [9.17, 15) is 14.7 Å². The van der Waals surface area contributed by atoms with E-state index in [1.165, 1.54) is 16.9 Å². The van der Waals surface area contributed by atoms with E-state index in [0.29, 0.717) is 35.4 Å². The zero-order chi connectivity index (χ0) is 28.1. The van der Waals surface area contributed by atoms with Gasteiger partial charge in [0.15, 0.2) is 5.13 Å². The highest BCUT2D eigenvalue weighted by Crippen LogP contribution is 2.33. The first-order valence-corrected chi connectivity index (χ1v) is 15.1. The van der Waals surface area contributed by atoms with Crippen LogP contribution in [0.2, 0.25) is 0 Å².